The molecule has 1 aromatic heterocycles. The Hall–Kier alpha value is -2.48. The first-order valence-corrected chi connectivity index (χ1v) is 9.41. The normalized spacial score (nSPS) is 19.0. The molecule has 0 saturated carbocycles. The molecule has 0 spiro atoms. The molecule has 24 heavy (non-hydrogen) atoms. The third kappa shape index (κ3) is 3.88. The van der Waals surface area contributed by atoms with Crippen molar-refractivity contribution in [2.75, 3.05) is 16.8 Å². The van der Waals surface area contributed by atoms with Gasteiger partial charge in [-0.25, -0.2) is 18.4 Å². The molecular formula is C16H18N4O3S. The Bertz CT molecular complexity index is 867. The molecule has 7 nitrogen and oxygen atoms in total. The van der Waals surface area contributed by atoms with Crippen molar-refractivity contribution < 1.29 is 13.2 Å². The molecule has 2 heterocycles. The molecule has 1 aromatic carbocycles. The zero-order valence-electron chi connectivity index (χ0n) is 13.2. The fourth-order valence-corrected chi connectivity index (χ4v) is 4.24. The molecular weight excluding hydrogens is 328 g/mol. The minimum absolute atomic E-state index is 0.0157. The Labute approximate surface area is 140 Å². The van der Waals surface area contributed by atoms with Crippen molar-refractivity contribution in [3.05, 3.63) is 47.9 Å². The summed E-state index contributed by atoms with van der Waals surface area (Å²) in [5.74, 6) is 0.204. The van der Waals surface area contributed by atoms with E-state index in [1.807, 2.05) is 31.2 Å². The van der Waals surface area contributed by atoms with Crippen molar-refractivity contribution in [1.29, 1.82) is 0 Å². The molecule has 0 radical (unpaired) electrons. The Kier molecular flexibility index (Phi) is 4.48. The number of carbonyl (C=O) groups excluding carboxylic acids is 1. The molecule has 0 bridgehead atoms. The second kappa shape index (κ2) is 6.56. The van der Waals surface area contributed by atoms with Gasteiger partial charge in [-0.05, 0) is 25.0 Å². The molecule has 1 saturated heterocycles. The number of sulfone groups is 1. The second-order valence-corrected chi connectivity index (χ2v) is 8.03. The van der Waals surface area contributed by atoms with Crippen molar-refractivity contribution >= 4 is 27.2 Å². The van der Waals surface area contributed by atoms with E-state index in [1.54, 1.807) is 6.07 Å². The first-order valence-electron chi connectivity index (χ1n) is 7.59. The van der Waals surface area contributed by atoms with Gasteiger partial charge in [0.1, 0.15) is 17.8 Å². The van der Waals surface area contributed by atoms with Crippen LogP contribution in [0.5, 0.6) is 0 Å². The van der Waals surface area contributed by atoms with Crippen molar-refractivity contribution in [1.82, 2.24) is 15.3 Å². The number of rotatable bonds is 4. The molecule has 1 atom stereocenters. The summed E-state index contributed by atoms with van der Waals surface area (Å²) in [4.78, 5) is 20.3. The smallest absolute Gasteiger partial charge is 0.270 e. The van der Waals surface area contributed by atoms with Crippen molar-refractivity contribution in [3.63, 3.8) is 0 Å². The maximum Gasteiger partial charge on any atom is 0.270 e. The maximum atomic E-state index is 12.3. The molecule has 1 amide bonds. The van der Waals surface area contributed by atoms with Crippen LogP contribution in [-0.2, 0) is 9.84 Å². The lowest BCUT2D eigenvalue weighted by atomic mass is 10.2. The monoisotopic (exact) mass is 346 g/mol. The summed E-state index contributed by atoms with van der Waals surface area (Å²) in [6.07, 6.45) is 1.74. The van der Waals surface area contributed by atoms with Gasteiger partial charge in [0.25, 0.3) is 5.91 Å². The minimum atomic E-state index is -3.04. The number of amides is 1. The van der Waals surface area contributed by atoms with Gasteiger partial charge in [0.15, 0.2) is 9.84 Å². The highest BCUT2D eigenvalue weighted by atomic mass is 32.2. The van der Waals surface area contributed by atoms with Gasteiger partial charge < -0.3 is 10.6 Å². The third-order valence-corrected chi connectivity index (χ3v) is 5.64. The lowest BCUT2D eigenvalue weighted by molar-refractivity contribution is 0.0936. The van der Waals surface area contributed by atoms with E-state index in [4.69, 9.17) is 0 Å². The van der Waals surface area contributed by atoms with Gasteiger partial charge in [0.05, 0.1) is 11.5 Å². The minimum Gasteiger partial charge on any atom is -0.347 e. The molecule has 3 rings (SSSR count). The zero-order valence-corrected chi connectivity index (χ0v) is 14.0. The van der Waals surface area contributed by atoms with Gasteiger partial charge in [-0.15, -0.1) is 0 Å². The molecule has 1 fully saturated rings. The predicted molar refractivity (Wildman–Crippen MR) is 91.0 cm³/mol. The van der Waals surface area contributed by atoms with Crippen LogP contribution >= 0.6 is 0 Å². The maximum absolute atomic E-state index is 12.3. The Morgan fingerprint density at radius 1 is 1.25 bits per heavy atom. The van der Waals surface area contributed by atoms with Crippen LogP contribution < -0.4 is 10.6 Å². The number of para-hydroxylation sites is 1. The van der Waals surface area contributed by atoms with Crippen LogP contribution in [0.15, 0.2) is 36.7 Å². The fourth-order valence-electron chi connectivity index (χ4n) is 2.57. The van der Waals surface area contributed by atoms with Crippen LogP contribution in [0.1, 0.15) is 22.5 Å². The van der Waals surface area contributed by atoms with Gasteiger partial charge in [-0.2, -0.15) is 0 Å². The fraction of sp³-hybridized carbons (Fsp3) is 0.312. The van der Waals surface area contributed by atoms with E-state index in [9.17, 15) is 13.2 Å². The number of nitrogens with one attached hydrogen (secondary N) is 2. The number of anilines is 2. The van der Waals surface area contributed by atoms with Crippen LogP contribution in [0.25, 0.3) is 0 Å². The SMILES string of the molecule is Cc1ccccc1Nc1cc(C(=O)NC2CCS(=O)(=O)C2)ncn1. The van der Waals surface area contributed by atoms with E-state index >= 15 is 0 Å². The molecule has 1 aliphatic rings. The highest BCUT2D eigenvalue weighted by Crippen LogP contribution is 2.18. The molecule has 1 unspecified atom stereocenters. The van der Waals surface area contributed by atoms with Crippen molar-refractivity contribution in [2.24, 2.45) is 0 Å². The largest absolute Gasteiger partial charge is 0.347 e. The first-order chi connectivity index (χ1) is 11.4. The molecule has 1 aliphatic heterocycles. The summed E-state index contributed by atoms with van der Waals surface area (Å²) in [5, 5.41) is 5.86. The highest BCUT2D eigenvalue weighted by Gasteiger charge is 2.29. The predicted octanol–water partition coefficient (Wildman–Crippen LogP) is 1.45. The van der Waals surface area contributed by atoms with E-state index in [2.05, 4.69) is 20.6 Å². The first kappa shape index (κ1) is 16.4. The standard InChI is InChI=1S/C16H18N4O3S/c1-11-4-2-3-5-13(11)20-15-8-14(17-10-18-15)16(21)19-12-6-7-24(22,23)9-12/h2-5,8,10,12H,6-7,9H2,1H3,(H,19,21)(H,17,18,20). The van der Waals surface area contributed by atoms with E-state index in [-0.39, 0.29) is 23.2 Å². The van der Waals surface area contributed by atoms with Crippen LogP contribution in [-0.4, -0.2) is 41.8 Å². The number of nitrogens with zero attached hydrogens (tertiary/aromatic N) is 2. The van der Waals surface area contributed by atoms with Gasteiger partial charge in [-0.3, -0.25) is 4.79 Å². The Morgan fingerprint density at radius 3 is 2.75 bits per heavy atom. The summed E-state index contributed by atoms with van der Waals surface area (Å²) in [7, 11) is -3.04. The molecule has 126 valence electrons. The summed E-state index contributed by atoms with van der Waals surface area (Å²) >= 11 is 0. The van der Waals surface area contributed by atoms with Gasteiger partial charge in [-0.1, -0.05) is 18.2 Å². The van der Waals surface area contributed by atoms with Gasteiger partial charge in [0.2, 0.25) is 0 Å². The number of carbonyl (C=O) groups is 1. The number of hydrogen-bond acceptors (Lipinski definition) is 6. The third-order valence-electron chi connectivity index (χ3n) is 3.88. The van der Waals surface area contributed by atoms with Crippen molar-refractivity contribution in [2.45, 2.75) is 19.4 Å². The summed E-state index contributed by atoms with van der Waals surface area (Å²) < 4.78 is 22.9. The van der Waals surface area contributed by atoms with Crippen LogP contribution in [0, 0.1) is 6.92 Å². The van der Waals surface area contributed by atoms with E-state index in [0.29, 0.717) is 12.2 Å². The molecule has 2 N–H and O–H groups in total. The molecule has 0 aliphatic carbocycles. The Morgan fingerprint density at radius 2 is 2.04 bits per heavy atom. The second-order valence-electron chi connectivity index (χ2n) is 5.80. The van der Waals surface area contributed by atoms with Crippen LogP contribution in [0.2, 0.25) is 0 Å². The lowest BCUT2D eigenvalue weighted by Gasteiger charge is -2.12. The van der Waals surface area contributed by atoms with Crippen LogP contribution in [0.4, 0.5) is 11.5 Å². The number of aryl methyl sites for hydroxylation is 1. The van der Waals surface area contributed by atoms with Gasteiger partial charge in [0, 0.05) is 17.8 Å². The quantitative estimate of drug-likeness (QED) is 0.869. The van der Waals surface area contributed by atoms with Gasteiger partial charge >= 0.3 is 0 Å². The highest BCUT2D eigenvalue weighted by molar-refractivity contribution is 7.91. The van der Waals surface area contributed by atoms with E-state index < -0.39 is 15.7 Å². The zero-order chi connectivity index (χ0) is 17.2. The Balaban J connectivity index is 1.71. The summed E-state index contributed by atoms with van der Waals surface area (Å²) in [6, 6.07) is 8.92. The topological polar surface area (TPSA) is 101 Å². The van der Waals surface area contributed by atoms with Crippen LogP contribution in [0.3, 0.4) is 0 Å². The summed E-state index contributed by atoms with van der Waals surface area (Å²) in [5.41, 5.74) is 2.15. The lowest BCUT2D eigenvalue weighted by Crippen LogP contribution is -2.36. The average Bonchev–Trinajstić information content (AvgIpc) is 2.88. The number of benzene rings is 1. The summed E-state index contributed by atoms with van der Waals surface area (Å²) in [6.45, 7) is 1.97. The number of aromatic nitrogens is 2. The van der Waals surface area contributed by atoms with E-state index in [0.717, 1.165) is 11.3 Å². The molecule has 2 aromatic rings. The average molecular weight is 346 g/mol. The van der Waals surface area contributed by atoms with E-state index in [1.165, 1.54) is 6.33 Å². The van der Waals surface area contributed by atoms with Crippen molar-refractivity contribution in [3.8, 4) is 0 Å². The number of hydrogen-bond donors (Lipinski definition) is 2. The molecule has 8 heteroatoms.